The van der Waals surface area contributed by atoms with Crippen LogP contribution in [0.25, 0.3) is 11.6 Å². The molecule has 0 radical (unpaired) electrons. The highest BCUT2D eigenvalue weighted by Gasteiger charge is 2.22. The average molecular weight is 219 g/mol. The van der Waals surface area contributed by atoms with Gasteiger partial charge in [-0.05, 0) is 19.9 Å². The van der Waals surface area contributed by atoms with Crippen molar-refractivity contribution < 1.29 is 4.42 Å². The van der Waals surface area contributed by atoms with Crippen LogP contribution in [0.1, 0.15) is 18.2 Å². The molecule has 0 aliphatic carbocycles. The van der Waals surface area contributed by atoms with Gasteiger partial charge < -0.3 is 9.73 Å². The minimum Gasteiger partial charge on any atom is -0.443 e. The highest BCUT2D eigenvalue weighted by Crippen LogP contribution is 2.23. The predicted octanol–water partition coefficient (Wildman–Crippen LogP) is 0.776. The topological polar surface area (TPSA) is 68.8 Å². The zero-order valence-corrected chi connectivity index (χ0v) is 9.05. The second-order valence-corrected chi connectivity index (χ2v) is 4.00. The molecule has 1 unspecified atom stereocenters. The molecule has 1 saturated heterocycles. The summed E-state index contributed by atoms with van der Waals surface area (Å²) in [6, 6.07) is 0.352. The monoisotopic (exact) mass is 219 g/mol. The molecule has 3 heterocycles. The van der Waals surface area contributed by atoms with Crippen molar-refractivity contribution in [3.05, 3.63) is 18.2 Å². The summed E-state index contributed by atoms with van der Waals surface area (Å²) in [4.78, 5) is 4.30. The summed E-state index contributed by atoms with van der Waals surface area (Å²) in [5.41, 5.74) is 1.72. The molecule has 0 saturated carbocycles. The van der Waals surface area contributed by atoms with Crippen LogP contribution < -0.4 is 5.32 Å². The number of nitrogens with one attached hydrogen (secondary N) is 1. The number of aromatic nitrogens is 4. The Balaban J connectivity index is 1.98. The van der Waals surface area contributed by atoms with E-state index in [0.29, 0.717) is 11.9 Å². The lowest BCUT2D eigenvalue weighted by atomic mass is 10.2. The summed E-state index contributed by atoms with van der Waals surface area (Å²) in [6.45, 7) is 3.85. The fraction of sp³-hybridized carbons (Fsp3) is 0.500. The summed E-state index contributed by atoms with van der Waals surface area (Å²) >= 11 is 0. The van der Waals surface area contributed by atoms with Gasteiger partial charge in [-0.1, -0.05) is 5.21 Å². The van der Waals surface area contributed by atoms with Gasteiger partial charge in [0, 0.05) is 6.54 Å². The van der Waals surface area contributed by atoms with Gasteiger partial charge in [-0.15, -0.1) is 5.10 Å². The minimum atomic E-state index is 0.352. The Morgan fingerprint density at radius 2 is 2.50 bits per heavy atom. The molecule has 1 N–H and O–H groups in total. The van der Waals surface area contributed by atoms with Gasteiger partial charge in [0.05, 0.1) is 17.9 Å². The Kier molecular flexibility index (Phi) is 2.21. The summed E-state index contributed by atoms with van der Waals surface area (Å²) in [7, 11) is 0. The summed E-state index contributed by atoms with van der Waals surface area (Å²) in [6.07, 6.45) is 4.40. The number of hydrogen-bond donors (Lipinski definition) is 1. The molecule has 1 aliphatic heterocycles. The first-order chi connectivity index (χ1) is 7.84. The van der Waals surface area contributed by atoms with E-state index in [1.807, 2.05) is 11.6 Å². The van der Waals surface area contributed by atoms with E-state index in [4.69, 9.17) is 4.42 Å². The molecule has 0 aromatic carbocycles. The van der Waals surface area contributed by atoms with Crippen molar-refractivity contribution in [2.75, 3.05) is 13.1 Å². The first kappa shape index (κ1) is 9.53. The van der Waals surface area contributed by atoms with Crippen molar-refractivity contribution >= 4 is 0 Å². The van der Waals surface area contributed by atoms with E-state index in [9.17, 15) is 0 Å². The molecular weight excluding hydrogens is 206 g/mol. The van der Waals surface area contributed by atoms with E-state index in [-0.39, 0.29) is 0 Å². The van der Waals surface area contributed by atoms with Crippen molar-refractivity contribution in [3.63, 3.8) is 0 Å². The smallest absolute Gasteiger partial charge is 0.246 e. The molecule has 0 spiro atoms. The van der Waals surface area contributed by atoms with Gasteiger partial charge in [0.25, 0.3) is 0 Å². The fourth-order valence-electron chi connectivity index (χ4n) is 1.99. The fourth-order valence-corrected chi connectivity index (χ4v) is 1.99. The highest BCUT2D eigenvalue weighted by molar-refractivity contribution is 5.45. The second-order valence-electron chi connectivity index (χ2n) is 4.00. The zero-order chi connectivity index (χ0) is 11.0. The lowest BCUT2D eigenvalue weighted by molar-refractivity contribution is 0.470. The third-order valence-electron chi connectivity index (χ3n) is 2.79. The van der Waals surface area contributed by atoms with Gasteiger partial charge >= 0.3 is 0 Å². The highest BCUT2D eigenvalue weighted by atomic mass is 16.3. The number of aryl methyl sites for hydroxylation is 1. The predicted molar refractivity (Wildman–Crippen MR) is 56.8 cm³/mol. The molecule has 0 amide bonds. The number of hydrogen-bond acceptors (Lipinski definition) is 5. The first-order valence-corrected chi connectivity index (χ1v) is 5.38. The standard InChI is InChI=1S/C10H13N5O/c1-7-6-16-10(13-7)9-5-12-14-15(9)8-2-3-11-4-8/h5-6,8,11H,2-4H2,1H3. The summed E-state index contributed by atoms with van der Waals surface area (Å²) < 4.78 is 7.27. The van der Waals surface area contributed by atoms with Gasteiger partial charge in [-0.25, -0.2) is 9.67 Å². The lowest BCUT2D eigenvalue weighted by Gasteiger charge is -2.09. The SMILES string of the molecule is Cc1coc(-c2cnnn2C2CCNC2)n1. The maximum absolute atomic E-state index is 5.38. The van der Waals surface area contributed by atoms with Gasteiger partial charge in [0.1, 0.15) is 12.0 Å². The Labute approximate surface area is 92.7 Å². The van der Waals surface area contributed by atoms with Gasteiger partial charge in [-0.3, -0.25) is 0 Å². The second kappa shape index (κ2) is 3.71. The molecule has 2 aromatic heterocycles. The average Bonchev–Trinajstić information content (AvgIpc) is 2.96. The van der Waals surface area contributed by atoms with Gasteiger partial charge in [0.2, 0.25) is 5.89 Å². The summed E-state index contributed by atoms with van der Waals surface area (Å²) in [5, 5.41) is 11.4. The molecule has 6 nitrogen and oxygen atoms in total. The molecule has 2 aromatic rings. The third kappa shape index (κ3) is 1.51. The molecule has 3 rings (SSSR count). The molecule has 1 atom stereocenters. The molecule has 0 bridgehead atoms. The van der Waals surface area contributed by atoms with Crippen LogP contribution in [0.15, 0.2) is 16.9 Å². The van der Waals surface area contributed by atoms with E-state index in [0.717, 1.165) is 30.9 Å². The molecule has 1 fully saturated rings. The van der Waals surface area contributed by atoms with E-state index in [2.05, 4.69) is 20.6 Å². The Bertz CT molecular complexity index is 483. The maximum atomic E-state index is 5.38. The summed E-state index contributed by atoms with van der Waals surface area (Å²) in [5.74, 6) is 0.592. The lowest BCUT2D eigenvalue weighted by Crippen LogP contribution is -2.15. The normalized spacial score (nSPS) is 20.4. The van der Waals surface area contributed by atoms with Crippen molar-refractivity contribution in [1.29, 1.82) is 0 Å². The van der Waals surface area contributed by atoms with Crippen LogP contribution >= 0.6 is 0 Å². The molecule has 1 aliphatic rings. The van der Waals surface area contributed by atoms with Crippen LogP contribution in [0.3, 0.4) is 0 Å². The van der Waals surface area contributed by atoms with Crippen molar-refractivity contribution in [1.82, 2.24) is 25.3 Å². The van der Waals surface area contributed by atoms with Crippen LogP contribution in [0.2, 0.25) is 0 Å². The van der Waals surface area contributed by atoms with Crippen molar-refractivity contribution in [2.24, 2.45) is 0 Å². The maximum Gasteiger partial charge on any atom is 0.246 e. The minimum absolute atomic E-state index is 0.352. The van der Waals surface area contributed by atoms with Crippen LogP contribution in [-0.4, -0.2) is 33.1 Å². The van der Waals surface area contributed by atoms with Crippen LogP contribution in [0, 0.1) is 6.92 Å². The quantitative estimate of drug-likeness (QED) is 0.808. The largest absolute Gasteiger partial charge is 0.443 e. The van der Waals surface area contributed by atoms with Crippen LogP contribution in [0.4, 0.5) is 0 Å². The first-order valence-electron chi connectivity index (χ1n) is 5.38. The molecule has 84 valence electrons. The van der Waals surface area contributed by atoms with Gasteiger partial charge in [0.15, 0.2) is 0 Å². The van der Waals surface area contributed by atoms with E-state index >= 15 is 0 Å². The van der Waals surface area contributed by atoms with Crippen molar-refractivity contribution in [3.8, 4) is 11.6 Å². The third-order valence-corrected chi connectivity index (χ3v) is 2.79. The number of oxazole rings is 1. The zero-order valence-electron chi connectivity index (χ0n) is 9.05. The molecule has 16 heavy (non-hydrogen) atoms. The van der Waals surface area contributed by atoms with Crippen LogP contribution in [0.5, 0.6) is 0 Å². The van der Waals surface area contributed by atoms with E-state index in [1.54, 1.807) is 12.5 Å². The van der Waals surface area contributed by atoms with Crippen LogP contribution in [-0.2, 0) is 0 Å². The Morgan fingerprint density at radius 1 is 1.56 bits per heavy atom. The number of nitrogens with zero attached hydrogens (tertiary/aromatic N) is 4. The van der Waals surface area contributed by atoms with Gasteiger partial charge in [-0.2, -0.15) is 0 Å². The Hall–Kier alpha value is -1.69. The Morgan fingerprint density at radius 3 is 3.19 bits per heavy atom. The number of rotatable bonds is 2. The van der Waals surface area contributed by atoms with E-state index < -0.39 is 0 Å². The van der Waals surface area contributed by atoms with E-state index in [1.165, 1.54) is 0 Å². The van der Waals surface area contributed by atoms with Crippen molar-refractivity contribution in [2.45, 2.75) is 19.4 Å². The molecular formula is C10H13N5O. The molecule has 6 heteroatoms.